The van der Waals surface area contributed by atoms with Crippen molar-refractivity contribution in [3.05, 3.63) is 10.6 Å². The second-order valence-electron chi connectivity index (χ2n) is 4.30. The summed E-state index contributed by atoms with van der Waals surface area (Å²) in [6.45, 7) is 6.66. The number of hydrogen-bond donors (Lipinski definition) is 0. The molecule has 94 valence electrons. The van der Waals surface area contributed by atoms with Crippen LogP contribution in [0.15, 0.2) is 0 Å². The predicted molar refractivity (Wildman–Crippen MR) is 68.6 cm³/mol. The van der Waals surface area contributed by atoms with E-state index in [1.807, 2.05) is 13.8 Å². The number of nitrogens with zero attached hydrogens (tertiary/aromatic N) is 2. The van der Waals surface area contributed by atoms with Crippen molar-refractivity contribution < 1.29 is 9.53 Å². The van der Waals surface area contributed by atoms with Crippen molar-refractivity contribution in [2.45, 2.75) is 39.7 Å². The number of thiazole rings is 1. The summed E-state index contributed by atoms with van der Waals surface area (Å²) in [5, 5.41) is 0.954. The van der Waals surface area contributed by atoms with E-state index in [1.165, 1.54) is 4.88 Å². The maximum Gasteiger partial charge on any atom is 0.325 e. The maximum atomic E-state index is 11.6. The summed E-state index contributed by atoms with van der Waals surface area (Å²) in [6.07, 6.45) is 2.30. The van der Waals surface area contributed by atoms with Gasteiger partial charge in [0.1, 0.15) is 6.54 Å². The Balaban J connectivity index is 2.09. The molecule has 1 saturated carbocycles. The number of ether oxygens (including phenoxy) is 1. The van der Waals surface area contributed by atoms with Crippen molar-refractivity contribution in [3.63, 3.8) is 0 Å². The molecular weight excluding hydrogens is 236 g/mol. The van der Waals surface area contributed by atoms with Crippen molar-refractivity contribution in [1.29, 1.82) is 0 Å². The Kier molecular flexibility index (Phi) is 3.66. The van der Waals surface area contributed by atoms with E-state index in [2.05, 4.69) is 16.8 Å². The highest BCUT2D eigenvalue weighted by Gasteiger charge is 2.32. The second kappa shape index (κ2) is 5.04. The third kappa shape index (κ3) is 2.97. The lowest BCUT2D eigenvalue weighted by Crippen LogP contribution is -2.32. The van der Waals surface area contributed by atoms with Crippen LogP contribution >= 0.6 is 11.3 Å². The Bertz CT molecular complexity index is 393. The number of anilines is 1. The van der Waals surface area contributed by atoms with Crippen LogP contribution in [0.1, 0.15) is 30.3 Å². The average Bonchev–Trinajstić information content (AvgIpc) is 3.04. The highest BCUT2D eigenvalue weighted by Crippen LogP contribution is 2.34. The molecule has 0 unspecified atom stereocenters. The third-order valence-electron chi connectivity index (χ3n) is 2.86. The smallest absolute Gasteiger partial charge is 0.325 e. The summed E-state index contributed by atoms with van der Waals surface area (Å²) < 4.78 is 5.01. The fourth-order valence-electron chi connectivity index (χ4n) is 1.66. The molecule has 4 nitrogen and oxygen atoms in total. The Morgan fingerprint density at radius 1 is 1.53 bits per heavy atom. The van der Waals surface area contributed by atoms with Crippen molar-refractivity contribution in [2.75, 3.05) is 18.1 Å². The molecule has 0 spiro atoms. The lowest BCUT2D eigenvalue weighted by molar-refractivity contribution is -0.141. The normalized spacial score (nSPS) is 14.8. The fourth-order valence-corrected chi connectivity index (χ4v) is 2.64. The first-order chi connectivity index (χ1) is 8.11. The quantitative estimate of drug-likeness (QED) is 0.756. The van der Waals surface area contributed by atoms with Crippen molar-refractivity contribution in [1.82, 2.24) is 4.98 Å². The zero-order valence-electron chi connectivity index (χ0n) is 10.5. The molecular formula is C12H18N2O2S. The van der Waals surface area contributed by atoms with Gasteiger partial charge in [-0.2, -0.15) is 0 Å². The Hall–Kier alpha value is -1.10. The van der Waals surface area contributed by atoms with Crippen LogP contribution in [0.25, 0.3) is 0 Å². The molecule has 1 fully saturated rings. The van der Waals surface area contributed by atoms with Crippen LogP contribution in [-0.2, 0) is 9.53 Å². The molecule has 1 heterocycles. The van der Waals surface area contributed by atoms with Gasteiger partial charge in [0.05, 0.1) is 12.3 Å². The minimum Gasteiger partial charge on any atom is -0.465 e. The first-order valence-corrected chi connectivity index (χ1v) is 6.79. The average molecular weight is 254 g/mol. The molecule has 2 rings (SSSR count). The van der Waals surface area contributed by atoms with E-state index in [9.17, 15) is 4.79 Å². The second-order valence-corrected chi connectivity index (χ2v) is 5.48. The molecule has 0 aliphatic heterocycles. The van der Waals surface area contributed by atoms with Gasteiger partial charge in [-0.3, -0.25) is 4.79 Å². The standard InChI is InChI=1S/C12H18N2O2S/c1-4-16-11(15)7-14(10-5-6-10)12-13-8(2)9(3)17-12/h10H,4-7H2,1-3H3. The van der Waals surface area contributed by atoms with Gasteiger partial charge in [0.25, 0.3) is 0 Å². The van der Waals surface area contributed by atoms with E-state index in [4.69, 9.17) is 4.74 Å². The molecule has 1 aliphatic carbocycles. The Morgan fingerprint density at radius 2 is 2.24 bits per heavy atom. The molecule has 1 aliphatic rings. The molecule has 1 aromatic rings. The monoisotopic (exact) mass is 254 g/mol. The van der Waals surface area contributed by atoms with Gasteiger partial charge >= 0.3 is 5.97 Å². The van der Waals surface area contributed by atoms with Gasteiger partial charge in [0.2, 0.25) is 0 Å². The summed E-state index contributed by atoms with van der Waals surface area (Å²) in [5.41, 5.74) is 1.06. The molecule has 17 heavy (non-hydrogen) atoms. The van der Waals surface area contributed by atoms with Gasteiger partial charge in [-0.25, -0.2) is 4.98 Å². The van der Waals surface area contributed by atoms with Gasteiger partial charge in [-0.05, 0) is 33.6 Å². The van der Waals surface area contributed by atoms with Gasteiger partial charge in [0.15, 0.2) is 5.13 Å². The SMILES string of the molecule is CCOC(=O)CN(c1nc(C)c(C)s1)C1CC1. The summed E-state index contributed by atoms with van der Waals surface area (Å²) in [4.78, 5) is 19.4. The zero-order valence-corrected chi connectivity index (χ0v) is 11.3. The fraction of sp³-hybridized carbons (Fsp3) is 0.667. The Morgan fingerprint density at radius 3 is 2.71 bits per heavy atom. The molecule has 0 amide bonds. The van der Waals surface area contributed by atoms with Gasteiger partial charge in [-0.15, -0.1) is 11.3 Å². The van der Waals surface area contributed by atoms with Crippen LogP contribution in [-0.4, -0.2) is 30.1 Å². The Labute approximate surface area is 106 Å². The largest absolute Gasteiger partial charge is 0.465 e. The van der Waals surface area contributed by atoms with E-state index < -0.39 is 0 Å². The highest BCUT2D eigenvalue weighted by atomic mass is 32.1. The molecule has 0 atom stereocenters. The highest BCUT2D eigenvalue weighted by molar-refractivity contribution is 7.15. The topological polar surface area (TPSA) is 42.4 Å². The molecule has 0 aromatic carbocycles. The lowest BCUT2D eigenvalue weighted by Gasteiger charge is -2.19. The number of aromatic nitrogens is 1. The predicted octanol–water partition coefficient (Wildman–Crippen LogP) is 2.29. The van der Waals surface area contributed by atoms with Crippen molar-refractivity contribution in [3.8, 4) is 0 Å². The minimum absolute atomic E-state index is 0.162. The lowest BCUT2D eigenvalue weighted by atomic mass is 10.4. The summed E-state index contributed by atoms with van der Waals surface area (Å²) in [6, 6.07) is 0.476. The van der Waals surface area contributed by atoms with Crippen LogP contribution < -0.4 is 4.90 Å². The number of aryl methyl sites for hydroxylation is 2. The van der Waals surface area contributed by atoms with E-state index in [-0.39, 0.29) is 5.97 Å². The van der Waals surface area contributed by atoms with E-state index in [1.54, 1.807) is 11.3 Å². The van der Waals surface area contributed by atoms with Crippen LogP contribution in [0.2, 0.25) is 0 Å². The van der Waals surface area contributed by atoms with E-state index >= 15 is 0 Å². The maximum absolute atomic E-state index is 11.6. The van der Waals surface area contributed by atoms with Gasteiger partial charge < -0.3 is 9.64 Å². The molecule has 0 saturated heterocycles. The number of rotatable bonds is 5. The molecule has 0 bridgehead atoms. The molecule has 0 radical (unpaired) electrons. The number of carbonyl (C=O) groups excluding carboxylic acids is 1. The molecule has 0 N–H and O–H groups in total. The third-order valence-corrected chi connectivity index (χ3v) is 3.97. The summed E-state index contributed by atoms with van der Waals surface area (Å²) in [5.74, 6) is -0.162. The summed E-state index contributed by atoms with van der Waals surface area (Å²) in [7, 11) is 0. The first kappa shape index (κ1) is 12.4. The van der Waals surface area contributed by atoms with Crippen molar-refractivity contribution >= 4 is 22.4 Å². The van der Waals surface area contributed by atoms with E-state index in [0.29, 0.717) is 19.2 Å². The first-order valence-electron chi connectivity index (χ1n) is 5.98. The van der Waals surface area contributed by atoms with Crippen molar-refractivity contribution in [2.24, 2.45) is 0 Å². The molecule has 1 aromatic heterocycles. The zero-order chi connectivity index (χ0) is 12.4. The van der Waals surface area contributed by atoms with Crippen LogP contribution in [0.5, 0.6) is 0 Å². The van der Waals surface area contributed by atoms with Crippen LogP contribution in [0.4, 0.5) is 5.13 Å². The minimum atomic E-state index is -0.162. The number of carbonyl (C=O) groups is 1. The number of hydrogen-bond acceptors (Lipinski definition) is 5. The van der Waals surface area contributed by atoms with Crippen LogP contribution in [0.3, 0.4) is 0 Å². The summed E-state index contributed by atoms with van der Waals surface area (Å²) >= 11 is 1.66. The van der Waals surface area contributed by atoms with Crippen LogP contribution in [0, 0.1) is 13.8 Å². The number of esters is 1. The van der Waals surface area contributed by atoms with Gasteiger partial charge in [0, 0.05) is 10.9 Å². The van der Waals surface area contributed by atoms with E-state index in [0.717, 1.165) is 23.7 Å². The molecule has 5 heteroatoms. The van der Waals surface area contributed by atoms with Gasteiger partial charge in [-0.1, -0.05) is 0 Å².